The summed E-state index contributed by atoms with van der Waals surface area (Å²) in [4.78, 5) is 12.8. The van der Waals surface area contributed by atoms with E-state index in [-0.39, 0.29) is 17.9 Å². The van der Waals surface area contributed by atoms with E-state index in [1.807, 2.05) is 38.1 Å². The van der Waals surface area contributed by atoms with Gasteiger partial charge in [-0.05, 0) is 50.3 Å². The monoisotopic (exact) mass is 462 g/mol. The number of sulfonamides is 1. The van der Waals surface area contributed by atoms with Gasteiger partial charge in [0.15, 0.2) is 11.3 Å². The first kappa shape index (κ1) is 21.9. The Morgan fingerprint density at radius 3 is 2.74 bits per heavy atom. The summed E-state index contributed by atoms with van der Waals surface area (Å²) in [5.41, 5.74) is 0.674. The Bertz CT molecular complexity index is 1150. The minimum absolute atomic E-state index is 0.0776. The molecule has 2 aromatic heterocycles. The van der Waals surface area contributed by atoms with Crippen LogP contribution in [-0.2, 0) is 14.8 Å². The maximum absolute atomic E-state index is 12.8. The lowest BCUT2D eigenvalue weighted by Gasteiger charge is -2.30. The standard InChI is InChI=1S/C22H26N2O5S2/c1-3-28-18-7-4-6-17-14-19(29-21(17)18)15(2)23-22(25)16-9-11-24(12-10-16)31(26,27)20-8-5-13-30-20/h4-8,13-16H,3,9-12H2,1-2H3,(H,23,25). The number of hydrogen-bond donors (Lipinski definition) is 1. The van der Waals surface area contributed by atoms with Gasteiger partial charge in [-0.1, -0.05) is 18.2 Å². The van der Waals surface area contributed by atoms with E-state index in [1.165, 1.54) is 15.6 Å². The summed E-state index contributed by atoms with van der Waals surface area (Å²) < 4.78 is 38.7. The highest BCUT2D eigenvalue weighted by Crippen LogP contribution is 2.32. The summed E-state index contributed by atoms with van der Waals surface area (Å²) in [5, 5.41) is 5.70. The molecular formula is C22H26N2O5S2. The zero-order chi connectivity index (χ0) is 22.0. The number of furan rings is 1. The molecule has 1 atom stereocenters. The van der Waals surface area contributed by atoms with Crippen molar-refractivity contribution in [2.75, 3.05) is 19.7 Å². The average Bonchev–Trinajstić information content (AvgIpc) is 3.45. The molecule has 1 unspecified atom stereocenters. The van der Waals surface area contributed by atoms with E-state index in [9.17, 15) is 13.2 Å². The van der Waals surface area contributed by atoms with Gasteiger partial charge in [-0.2, -0.15) is 4.31 Å². The number of ether oxygens (including phenoxy) is 1. The van der Waals surface area contributed by atoms with E-state index in [0.717, 1.165) is 5.39 Å². The molecule has 4 rings (SSSR count). The fraction of sp³-hybridized carbons (Fsp3) is 0.409. The maximum Gasteiger partial charge on any atom is 0.252 e. The topological polar surface area (TPSA) is 88.9 Å². The molecule has 31 heavy (non-hydrogen) atoms. The van der Waals surface area contributed by atoms with E-state index in [4.69, 9.17) is 9.15 Å². The molecule has 166 valence electrons. The molecule has 1 aromatic carbocycles. The van der Waals surface area contributed by atoms with E-state index >= 15 is 0 Å². The van der Waals surface area contributed by atoms with Crippen LogP contribution in [0.15, 0.2) is 50.4 Å². The predicted molar refractivity (Wildman–Crippen MR) is 120 cm³/mol. The predicted octanol–water partition coefficient (Wildman–Crippen LogP) is 4.17. The van der Waals surface area contributed by atoms with Crippen LogP contribution in [-0.4, -0.2) is 38.3 Å². The van der Waals surface area contributed by atoms with Crippen LogP contribution in [0.1, 0.15) is 38.5 Å². The largest absolute Gasteiger partial charge is 0.490 e. The molecule has 0 spiro atoms. The Morgan fingerprint density at radius 1 is 1.29 bits per heavy atom. The Balaban J connectivity index is 1.38. The van der Waals surface area contributed by atoms with Gasteiger partial charge in [0.1, 0.15) is 9.97 Å². The fourth-order valence-corrected chi connectivity index (χ4v) is 6.45. The first-order valence-corrected chi connectivity index (χ1v) is 12.7. The van der Waals surface area contributed by atoms with Crippen molar-refractivity contribution in [1.82, 2.24) is 9.62 Å². The number of benzene rings is 1. The van der Waals surface area contributed by atoms with Crippen molar-refractivity contribution in [3.63, 3.8) is 0 Å². The number of thiophene rings is 1. The van der Waals surface area contributed by atoms with Crippen LogP contribution >= 0.6 is 11.3 Å². The van der Waals surface area contributed by atoms with Crippen LogP contribution in [0.3, 0.4) is 0 Å². The Kier molecular flexibility index (Phi) is 6.36. The van der Waals surface area contributed by atoms with Gasteiger partial charge in [-0.25, -0.2) is 8.42 Å². The molecule has 9 heteroatoms. The molecule has 1 saturated heterocycles. The second kappa shape index (κ2) is 9.02. The van der Waals surface area contributed by atoms with Crippen LogP contribution in [0.2, 0.25) is 0 Å². The van der Waals surface area contributed by atoms with Gasteiger partial charge in [0.25, 0.3) is 10.0 Å². The molecule has 1 fully saturated rings. The van der Waals surface area contributed by atoms with Crippen molar-refractivity contribution < 1.29 is 22.4 Å². The fourth-order valence-electron chi connectivity index (χ4n) is 3.84. The van der Waals surface area contributed by atoms with Gasteiger partial charge in [0.05, 0.1) is 12.6 Å². The summed E-state index contributed by atoms with van der Waals surface area (Å²) in [6.07, 6.45) is 0.996. The van der Waals surface area contributed by atoms with Crippen LogP contribution in [0.25, 0.3) is 11.0 Å². The first-order valence-electron chi connectivity index (χ1n) is 10.4. The molecule has 0 aliphatic carbocycles. The van der Waals surface area contributed by atoms with Crippen molar-refractivity contribution in [3.8, 4) is 5.75 Å². The lowest BCUT2D eigenvalue weighted by molar-refractivity contribution is -0.126. The lowest BCUT2D eigenvalue weighted by Crippen LogP contribution is -2.43. The molecular weight excluding hydrogens is 436 g/mol. The number of nitrogens with zero attached hydrogens (tertiary/aromatic N) is 1. The van der Waals surface area contributed by atoms with E-state index in [0.29, 0.717) is 53.8 Å². The minimum Gasteiger partial charge on any atom is -0.490 e. The van der Waals surface area contributed by atoms with Gasteiger partial charge < -0.3 is 14.5 Å². The first-order chi connectivity index (χ1) is 14.9. The lowest BCUT2D eigenvalue weighted by atomic mass is 9.97. The summed E-state index contributed by atoms with van der Waals surface area (Å²) in [6, 6.07) is 10.7. The maximum atomic E-state index is 12.8. The highest BCUT2D eigenvalue weighted by Gasteiger charge is 2.33. The van der Waals surface area contributed by atoms with Crippen LogP contribution in [0.4, 0.5) is 0 Å². The van der Waals surface area contributed by atoms with Crippen molar-refractivity contribution in [3.05, 3.63) is 47.5 Å². The third kappa shape index (κ3) is 4.49. The number of piperidine rings is 1. The van der Waals surface area contributed by atoms with Crippen molar-refractivity contribution in [2.24, 2.45) is 5.92 Å². The second-order valence-corrected chi connectivity index (χ2v) is 10.7. The second-order valence-electron chi connectivity index (χ2n) is 7.60. The van der Waals surface area contributed by atoms with Crippen molar-refractivity contribution in [1.29, 1.82) is 0 Å². The molecule has 0 saturated carbocycles. The van der Waals surface area contributed by atoms with Gasteiger partial charge >= 0.3 is 0 Å². The van der Waals surface area contributed by atoms with Crippen molar-refractivity contribution >= 4 is 38.2 Å². The molecule has 1 aliphatic rings. The summed E-state index contributed by atoms with van der Waals surface area (Å²) in [5.74, 6) is 1.05. The zero-order valence-electron chi connectivity index (χ0n) is 17.5. The third-order valence-electron chi connectivity index (χ3n) is 5.53. The Hall–Kier alpha value is -2.36. The molecule has 7 nitrogen and oxygen atoms in total. The molecule has 1 N–H and O–H groups in total. The third-order valence-corrected chi connectivity index (χ3v) is 8.80. The normalized spacial score (nSPS) is 17.0. The van der Waals surface area contributed by atoms with Crippen LogP contribution < -0.4 is 10.1 Å². The number of nitrogens with one attached hydrogen (secondary N) is 1. The summed E-state index contributed by atoms with van der Waals surface area (Å²) in [6.45, 7) is 5.03. The molecule has 0 bridgehead atoms. The summed E-state index contributed by atoms with van der Waals surface area (Å²) >= 11 is 1.21. The molecule has 1 amide bonds. The number of carbonyl (C=O) groups is 1. The van der Waals surface area contributed by atoms with Gasteiger partial charge in [0, 0.05) is 24.4 Å². The van der Waals surface area contributed by atoms with Crippen LogP contribution in [0, 0.1) is 5.92 Å². The smallest absolute Gasteiger partial charge is 0.252 e. The highest BCUT2D eigenvalue weighted by atomic mass is 32.2. The number of para-hydroxylation sites is 1. The minimum atomic E-state index is -3.46. The number of fused-ring (bicyclic) bond motifs is 1. The molecule has 0 radical (unpaired) electrons. The average molecular weight is 463 g/mol. The Labute approximate surface area is 186 Å². The molecule has 1 aliphatic heterocycles. The quantitative estimate of drug-likeness (QED) is 0.569. The number of carbonyl (C=O) groups excluding carboxylic acids is 1. The number of hydrogen-bond acceptors (Lipinski definition) is 6. The van der Waals surface area contributed by atoms with Gasteiger partial charge in [-0.3, -0.25) is 4.79 Å². The number of amides is 1. The molecule has 3 aromatic rings. The van der Waals surface area contributed by atoms with E-state index in [2.05, 4.69) is 5.32 Å². The van der Waals surface area contributed by atoms with Gasteiger partial charge in [0.2, 0.25) is 5.91 Å². The van der Waals surface area contributed by atoms with Gasteiger partial charge in [-0.15, -0.1) is 11.3 Å². The van der Waals surface area contributed by atoms with Crippen LogP contribution in [0.5, 0.6) is 5.75 Å². The zero-order valence-corrected chi connectivity index (χ0v) is 19.2. The summed E-state index contributed by atoms with van der Waals surface area (Å²) in [7, 11) is -3.46. The SMILES string of the molecule is CCOc1cccc2cc(C(C)NC(=O)C3CCN(S(=O)(=O)c4cccs4)CC3)oc12. The molecule has 3 heterocycles. The number of rotatable bonds is 7. The van der Waals surface area contributed by atoms with E-state index < -0.39 is 10.0 Å². The van der Waals surface area contributed by atoms with Crippen molar-refractivity contribution in [2.45, 2.75) is 36.9 Å². The highest BCUT2D eigenvalue weighted by molar-refractivity contribution is 7.91. The Morgan fingerprint density at radius 2 is 2.06 bits per heavy atom. The van der Waals surface area contributed by atoms with E-state index in [1.54, 1.807) is 17.5 Å².